The first-order valence-corrected chi connectivity index (χ1v) is 3.74. The number of rotatable bonds is 2. The van der Waals surface area contributed by atoms with E-state index >= 15 is 0 Å². The minimum Gasteiger partial charge on any atom is -0.437 e. The minimum absolute atomic E-state index is 0.448. The maximum absolute atomic E-state index is 10.7. The Hall–Kier alpha value is -1.77. The highest BCUT2D eigenvalue weighted by Crippen LogP contribution is 2.14. The van der Waals surface area contributed by atoms with Crippen molar-refractivity contribution in [3.05, 3.63) is 36.4 Å². The Morgan fingerprint density at radius 1 is 1.54 bits per heavy atom. The van der Waals surface area contributed by atoms with Crippen LogP contribution in [0.4, 0.5) is 4.79 Å². The molecule has 0 spiro atoms. The molecule has 0 aliphatic rings. The van der Waals surface area contributed by atoms with E-state index in [1.807, 2.05) is 6.07 Å². The Morgan fingerprint density at radius 2 is 2.31 bits per heavy atom. The van der Waals surface area contributed by atoms with E-state index in [4.69, 9.17) is 4.74 Å². The van der Waals surface area contributed by atoms with Gasteiger partial charge in [0, 0.05) is 0 Å². The summed E-state index contributed by atoms with van der Waals surface area (Å²) in [5, 5.41) is 0. The van der Waals surface area contributed by atoms with Crippen LogP contribution in [0.5, 0.6) is 5.75 Å². The van der Waals surface area contributed by atoms with Crippen molar-refractivity contribution in [1.82, 2.24) is 0 Å². The molecule has 3 heteroatoms. The van der Waals surface area contributed by atoms with Crippen molar-refractivity contribution in [1.29, 1.82) is 0 Å². The first kappa shape index (κ1) is 9.32. The fraction of sp³-hybridized carbons (Fsp3) is 0.100. The normalized spacial score (nSPS) is 9.00. The highest BCUT2D eigenvalue weighted by molar-refractivity contribution is 5.64. The lowest BCUT2D eigenvalue weighted by Crippen LogP contribution is -2.07. The first-order chi connectivity index (χ1) is 6.26. The molecular formula is C10H10O3. The van der Waals surface area contributed by atoms with Gasteiger partial charge in [0.15, 0.2) is 0 Å². The SMILES string of the molecule is C=Cc1cccc(OC(=O)OC)c1. The van der Waals surface area contributed by atoms with Crippen molar-refractivity contribution in [2.75, 3.05) is 7.11 Å². The molecule has 0 N–H and O–H groups in total. The van der Waals surface area contributed by atoms with Crippen molar-refractivity contribution in [3.63, 3.8) is 0 Å². The van der Waals surface area contributed by atoms with Crippen LogP contribution < -0.4 is 4.74 Å². The van der Waals surface area contributed by atoms with Crippen LogP contribution in [0, 0.1) is 0 Å². The molecule has 0 aromatic heterocycles. The fourth-order valence-corrected chi connectivity index (χ4v) is 0.843. The van der Waals surface area contributed by atoms with Gasteiger partial charge in [-0.1, -0.05) is 24.8 Å². The van der Waals surface area contributed by atoms with Gasteiger partial charge in [-0.15, -0.1) is 0 Å². The molecule has 0 radical (unpaired) electrons. The molecule has 0 aliphatic heterocycles. The van der Waals surface area contributed by atoms with Crippen molar-refractivity contribution in [2.45, 2.75) is 0 Å². The third-order valence-electron chi connectivity index (χ3n) is 1.46. The maximum atomic E-state index is 10.7. The predicted molar refractivity (Wildman–Crippen MR) is 49.6 cm³/mol. The zero-order valence-corrected chi connectivity index (χ0v) is 7.32. The van der Waals surface area contributed by atoms with Crippen LogP contribution in [0.25, 0.3) is 6.08 Å². The number of carbonyl (C=O) groups excluding carboxylic acids is 1. The van der Waals surface area contributed by atoms with Crippen molar-refractivity contribution >= 4 is 12.2 Å². The molecule has 1 aromatic carbocycles. The largest absolute Gasteiger partial charge is 0.513 e. The number of hydrogen-bond acceptors (Lipinski definition) is 3. The molecule has 0 saturated heterocycles. The lowest BCUT2D eigenvalue weighted by molar-refractivity contribution is 0.121. The van der Waals surface area contributed by atoms with E-state index < -0.39 is 6.16 Å². The number of carbonyl (C=O) groups is 1. The van der Waals surface area contributed by atoms with Crippen LogP contribution in [0.2, 0.25) is 0 Å². The van der Waals surface area contributed by atoms with Gasteiger partial charge in [-0.2, -0.15) is 0 Å². The summed E-state index contributed by atoms with van der Waals surface area (Å²) in [6.07, 6.45) is 0.950. The molecule has 68 valence electrons. The first-order valence-electron chi connectivity index (χ1n) is 3.74. The highest BCUT2D eigenvalue weighted by atomic mass is 16.7. The van der Waals surface area contributed by atoms with Crippen molar-refractivity contribution < 1.29 is 14.3 Å². The van der Waals surface area contributed by atoms with Gasteiger partial charge < -0.3 is 9.47 Å². The number of ether oxygens (including phenoxy) is 2. The summed E-state index contributed by atoms with van der Waals surface area (Å²) in [6, 6.07) is 7.00. The molecule has 0 aliphatic carbocycles. The number of benzene rings is 1. The summed E-state index contributed by atoms with van der Waals surface area (Å²) in [5.74, 6) is 0.448. The molecule has 0 fully saturated rings. The predicted octanol–water partition coefficient (Wildman–Crippen LogP) is 2.47. The molecule has 13 heavy (non-hydrogen) atoms. The third-order valence-corrected chi connectivity index (χ3v) is 1.46. The van der Waals surface area contributed by atoms with Gasteiger partial charge in [0.05, 0.1) is 7.11 Å². The van der Waals surface area contributed by atoms with Crippen LogP contribution in [0.1, 0.15) is 5.56 Å². The molecular weight excluding hydrogens is 168 g/mol. The van der Waals surface area contributed by atoms with Crippen LogP contribution in [0.3, 0.4) is 0 Å². The molecule has 1 rings (SSSR count). The van der Waals surface area contributed by atoms with Gasteiger partial charge in [-0.3, -0.25) is 0 Å². The maximum Gasteiger partial charge on any atom is 0.513 e. The summed E-state index contributed by atoms with van der Waals surface area (Å²) >= 11 is 0. The standard InChI is InChI=1S/C10H10O3/c1-3-8-5-4-6-9(7-8)13-10(11)12-2/h3-7H,1H2,2H3. The topological polar surface area (TPSA) is 35.5 Å². The summed E-state index contributed by atoms with van der Waals surface area (Å²) in [6.45, 7) is 3.60. The van der Waals surface area contributed by atoms with Crippen LogP contribution >= 0.6 is 0 Å². The van der Waals surface area contributed by atoms with E-state index in [2.05, 4.69) is 11.3 Å². The van der Waals surface area contributed by atoms with E-state index in [9.17, 15) is 4.79 Å². The lowest BCUT2D eigenvalue weighted by Gasteiger charge is -2.02. The Balaban J connectivity index is 2.77. The summed E-state index contributed by atoms with van der Waals surface area (Å²) in [5.41, 5.74) is 0.890. The molecule has 0 bridgehead atoms. The Labute approximate surface area is 76.6 Å². The molecule has 0 amide bonds. The van der Waals surface area contributed by atoms with E-state index in [0.29, 0.717) is 5.75 Å². The van der Waals surface area contributed by atoms with Gasteiger partial charge in [0.25, 0.3) is 0 Å². The second-order valence-corrected chi connectivity index (χ2v) is 2.33. The average Bonchev–Trinajstić information content (AvgIpc) is 2.18. The molecule has 0 heterocycles. The summed E-state index contributed by atoms with van der Waals surface area (Å²) < 4.78 is 9.14. The van der Waals surface area contributed by atoms with Crippen molar-refractivity contribution in [3.8, 4) is 5.75 Å². The molecule has 1 aromatic rings. The zero-order chi connectivity index (χ0) is 9.68. The van der Waals surface area contributed by atoms with Crippen LogP contribution in [-0.2, 0) is 4.74 Å². The third kappa shape index (κ3) is 2.63. The molecule has 0 unspecified atom stereocenters. The van der Waals surface area contributed by atoms with Gasteiger partial charge >= 0.3 is 6.16 Å². The quantitative estimate of drug-likeness (QED) is 0.515. The average molecular weight is 178 g/mol. The summed E-state index contributed by atoms with van der Waals surface area (Å²) in [4.78, 5) is 10.7. The van der Waals surface area contributed by atoms with Gasteiger partial charge in [-0.05, 0) is 17.7 Å². The minimum atomic E-state index is -0.721. The second kappa shape index (κ2) is 4.30. The smallest absolute Gasteiger partial charge is 0.437 e. The van der Waals surface area contributed by atoms with Gasteiger partial charge in [0.1, 0.15) is 5.75 Å². The molecule has 3 nitrogen and oxygen atoms in total. The van der Waals surface area contributed by atoms with E-state index in [0.717, 1.165) is 5.56 Å². The monoisotopic (exact) mass is 178 g/mol. The van der Waals surface area contributed by atoms with Crippen LogP contribution in [-0.4, -0.2) is 13.3 Å². The Kier molecular flexibility index (Phi) is 3.09. The van der Waals surface area contributed by atoms with E-state index in [-0.39, 0.29) is 0 Å². The fourth-order valence-electron chi connectivity index (χ4n) is 0.843. The Bertz CT molecular complexity index is 318. The number of hydrogen-bond donors (Lipinski definition) is 0. The van der Waals surface area contributed by atoms with Crippen LogP contribution in [0.15, 0.2) is 30.8 Å². The summed E-state index contributed by atoms with van der Waals surface area (Å²) in [7, 11) is 1.26. The van der Waals surface area contributed by atoms with Gasteiger partial charge in [0.2, 0.25) is 0 Å². The highest BCUT2D eigenvalue weighted by Gasteiger charge is 2.02. The second-order valence-electron chi connectivity index (χ2n) is 2.33. The van der Waals surface area contributed by atoms with E-state index in [1.54, 1.807) is 24.3 Å². The van der Waals surface area contributed by atoms with E-state index in [1.165, 1.54) is 7.11 Å². The Morgan fingerprint density at radius 3 is 2.92 bits per heavy atom. The van der Waals surface area contributed by atoms with Crippen molar-refractivity contribution in [2.24, 2.45) is 0 Å². The molecule has 0 atom stereocenters. The molecule has 0 saturated carbocycles. The number of methoxy groups -OCH3 is 1. The van der Waals surface area contributed by atoms with Gasteiger partial charge in [-0.25, -0.2) is 4.79 Å². The zero-order valence-electron chi connectivity index (χ0n) is 7.32. The lowest BCUT2D eigenvalue weighted by atomic mass is 10.2.